The molecule has 6 nitrogen and oxygen atoms in total. The van der Waals surface area contributed by atoms with Crippen molar-refractivity contribution < 1.29 is 14.1 Å². The zero-order valence-electron chi connectivity index (χ0n) is 18.6. The molecule has 7 heteroatoms. The van der Waals surface area contributed by atoms with Crippen LogP contribution in [0.3, 0.4) is 0 Å². The number of methoxy groups -OCH3 is 1. The molecule has 0 atom stereocenters. The zero-order chi connectivity index (χ0) is 22.3. The van der Waals surface area contributed by atoms with E-state index in [1.54, 1.807) is 25.8 Å². The minimum absolute atomic E-state index is 0.117. The number of amides is 1. The number of nitrogens with zero attached hydrogens (tertiary/aromatic N) is 3. The first-order valence-electron chi connectivity index (χ1n) is 11.1. The van der Waals surface area contributed by atoms with Gasteiger partial charge in [0.05, 0.1) is 18.4 Å². The second kappa shape index (κ2) is 10.7. The predicted octanol–water partition coefficient (Wildman–Crippen LogP) is 5.16. The highest BCUT2D eigenvalue weighted by molar-refractivity contribution is 7.98. The Hall–Kier alpha value is -2.80. The molecule has 0 bridgehead atoms. The van der Waals surface area contributed by atoms with Crippen LogP contribution in [-0.2, 0) is 12.2 Å². The third-order valence-electron chi connectivity index (χ3n) is 5.95. The maximum absolute atomic E-state index is 13.2. The number of ether oxygens (including phenoxy) is 1. The van der Waals surface area contributed by atoms with E-state index in [1.165, 1.54) is 5.56 Å². The van der Waals surface area contributed by atoms with Gasteiger partial charge in [0.25, 0.3) is 5.91 Å². The van der Waals surface area contributed by atoms with Gasteiger partial charge in [-0.25, -0.2) is 0 Å². The summed E-state index contributed by atoms with van der Waals surface area (Å²) < 4.78 is 10.3. The average molecular weight is 452 g/mol. The minimum Gasteiger partial charge on any atom is -0.497 e. The Kier molecular flexibility index (Phi) is 7.47. The molecule has 3 aromatic rings. The highest BCUT2D eigenvalue weighted by Gasteiger charge is 2.25. The lowest BCUT2D eigenvalue weighted by molar-refractivity contribution is 0.0683. The smallest absolute Gasteiger partial charge is 0.254 e. The Labute approximate surface area is 193 Å². The van der Waals surface area contributed by atoms with Crippen molar-refractivity contribution in [1.29, 1.82) is 0 Å². The van der Waals surface area contributed by atoms with Crippen LogP contribution in [0.15, 0.2) is 57.9 Å². The van der Waals surface area contributed by atoms with Crippen LogP contribution in [0.1, 0.15) is 46.9 Å². The van der Waals surface area contributed by atoms with Crippen LogP contribution < -0.4 is 4.74 Å². The van der Waals surface area contributed by atoms with Crippen LogP contribution in [0.2, 0.25) is 0 Å². The van der Waals surface area contributed by atoms with Crippen LogP contribution in [0.4, 0.5) is 0 Å². The highest BCUT2D eigenvalue weighted by atomic mass is 32.2. The summed E-state index contributed by atoms with van der Waals surface area (Å²) in [5.74, 6) is 3.45. The van der Waals surface area contributed by atoms with Gasteiger partial charge >= 0.3 is 0 Å². The standard InChI is InChI=1S/C25H29N3O3S/c1-18-26-24(27-31-18)17-32-23-6-4-3-5-22(23)25(29)28-15-13-20(14-16-28)8-7-19-9-11-21(30-2)12-10-19/h3-6,9-12,20H,7-8,13-17H2,1-2H3. The monoisotopic (exact) mass is 451 g/mol. The van der Waals surface area contributed by atoms with Crippen LogP contribution in [0.5, 0.6) is 5.75 Å². The number of hydrogen-bond donors (Lipinski definition) is 0. The van der Waals surface area contributed by atoms with Crippen molar-refractivity contribution in [3.8, 4) is 5.75 Å². The van der Waals surface area contributed by atoms with Gasteiger partial charge in [-0.1, -0.05) is 29.4 Å². The fourth-order valence-corrected chi connectivity index (χ4v) is 4.96. The fraction of sp³-hybridized carbons (Fsp3) is 0.400. The van der Waals surface area contributed by atoms with Crippen LogP contribution >= 0.6 is 11.8 Å². The van der Waals surface area contributed by atoms with E-state index in [0.717, 1.165) is 55.0 Å². The lowest BCUT2D eigenvalue weighted by Crippen LogP contribution is -2.38. The van der Waals surface area contributed by atoms with Crippen molar-refractivity contribution in [3.05, 3.63) is 71.4 Å². The number of carbonyl (C=O) groups excluding carboxylic acids is 1. The molecule has 4 rings (SSSR count). The van der Waals surface area contributed by atoms with Crippen LogP contribution in [0, 0.1) is 12.8 Å². The molecule has 32 heavy (non-hydrogen) atoms. The molecule has 1 amide bonds. The van der Waals surface area contributed by atoms with E-state index in [1.807, 2.05) is 41.3 Å². The maximum Gasteiger partial charge on any atom is 0.254 e. The van der Waals surface area contributed by atoms with E-state index in [0.29, 0.717) is 23.4 Å². The summed E-state index contributed by atoms with van der Waals surface area (Å²) in [5, 5.41) is 3.94. The number of piperidine rings is 1. The van der Waals surface area contributed by atoms with Crippen molar-refractivity contribution in [2.24, 2.45) is 5.92 Å². The fourth-order valence-electron chi connectivity index (χ4n) is 4.07. The van der Waals surface area contributed by atoms with E-state index in [4.69, 9.17) is 9.26 Å². The number of hydrogen-bond acceptors (Lipinski definition) is 6. The topological polar surface area (TPSA) is 68.5 Å². The van der Waals surface area contributed by atoms with Crippen LogP contribution in [-0.4, -0.2) is 41.1 Å². The second-order valence-electron chi connectivity index (χ2n) is 8.14. The predicted molar refractivity (Wildman–Crippen MR) is 125 cm³/mol. The first-order valence-corrected chi connectivity index (χ1v) is 12.0. The molecule has 1 saturated heterocycles. The summed E-state index contributed by atoms with van der Waals surface area (Å²) >= 11 is 1.57. The largest absolute Gasteiger partial charge is 0.497 e. The Morgan fingerprint density at radius 2 is 1.91 bits per heavy atom. The van der Waals surface area contributed by atoms with Crippen LogP contribution in [0.25, 0.3) is 0 Å². The number of benzene rings is 2. The zero-order valence-corrected chi connectivity index (χ0v) is 19.4. The average Bonchev–Trinajstić information content (AvgIpc) is 3.27. The first kappa shape index (κ1) is 22.4. The van der Waals surface area contributed by atoms with E-state index in [9.17, 15) is 4.79 Å². The number of carbonyl (C=O) groups is 1. The second-order valence-corrected chi connectivity index (χ2v) is 9.15. The molecule has 2 aromatic carbocycles. The number of likely N-dealkylation sites (tertiary alicyclic amines) is 1. The first-order chi connectivity index (χ1) is 15.6. The van der Waals surface area contributed by atoms with Gasteiger partial charge in [0.15, 0.2) is 5.82 Å². The molecular formula is C25H29N3O3S. The summed E-state index contributed by atoms with van der Waals surface area (Å²) in [6.45, 7) is 3.41. The third kappa shape index (κ3) is 5.71. The van der Waals surface area contributed by atoms with Gasteiger partial charge in [0, 0.05) is 24.9 Å². The number of rotatable bonds is 8. The van der Waals surface area contributed by atoms with E-state index < -0.39 is 0 Å². The van der Waals surface area contributed by atoms with Crippen molar-refractivity contribution in [3.63, 3.8) is 0 Å². The summed E-state index contributed by atoms with van der Waals surface area (Å²) in [7, 11) is 1.69. The van der Waals surface area contributed by atoms with Gasteiger partial charge in [-0.15, -0.1) is 11.8 Å². The molecule has 0 aliphatic carbocycles. The summed E-state index contributed by atoms with van der Waals surface area (Å²) in [4.78, 5) is 20.4. The molecule has 0 N–H and O–H groups in total. The lowest BCUT2D eigenvalue weighted by atomic mass is 9.90. The van der Waals surface area contributed by atoms with Crippen molar-refractivity contribution >= 4 is 17.7 Å². The molecule has 1 aliphatic rings. The Bertz CT molecular complexity index is 1030. The minimum atomic E-state index is 0.117. The maximum atomic E-state index is 13.2. The number of aryl methyl sites for hydroxylation is 2. The molecule has 0 saturated carbocycles. The molecular weight excluding hydrogens is 422 g/mol. The molecule has 168 valence electrons. The van der Waals surface area contributed by atoms with Gasteiger partial charge in [-0.05, 0) is 61.4 Å². The number of aromatic nitrogens is 2. The molecule has 0 unspecified atom stereocenters. The van der Waals surface area contributed by atoms with E-state index in [2.05, 4.69) is 22.3 Å². The summed E-state index contributed by atoms with van der Waals surface area (Å²) in [5.41, 5.74) is 2.10. The van der Waals surface area contributed by atoms with Gasteiger partial charge in [0.1, 0.15) is 5.75 Å². The Balaban J connectivity index is 1.29. The van der Waals surface area contributed by atoms with Gasteiger partial charge in [0.2, 0.25) is 5.89 Å². The van der Waals surface area contributed by atoms with Crippen molar-refractivity contribution in [2.75, 3.05) is 20.2 Å². The molecule has 2 heterocycles. The van der Waals surface area contributed by atoms with Gasteiger partial charge in [-0.2, -0.15) is 4.98 Å². The lowest BCUT2D eigenvalue weighted by Gasteiger charge is -2.32. The summed E-state index contributed by atoms with van der Waals surface area (Å²) in [6.07, 6.45) is 4.33. The van der Waals surface area contributed by atoms with Crippen molar-refractivity contribution in [2.45, 2.75) is 43.3 Å². The molecule has 0 spiro atoms. The summed E-state index contributed by atoms with van der Waals surface area (Å²) in [6, 6.07) is 16.1. The van der Waals surface area contributed by atoms with Gasteiger partial charge < -0.3 is 14.2 Å². The van der Waals surface area contributed by atoms with E-state index in [-0.39, 0.29) is 5.91 Å². The molecule has 1 fully saturated rings. The highest BCUT2D eigenvalue weighted by Crippen LogP contribution is 2.29. The van der Waals surface area contributed by atoms with Gasteiger partial charge in [-0.3, -0.25) is 4.79 Å². The molecule has 1 aromatic heterocycles. The third-order valence-corrected chi connectivity index (χ3v) is 7.02. The SMILES string of the molecule is COc1ccc(CCC2CCN(C(=O)c3ccccc3SCc3noc(C)n3)CC2)cc1. The number of thioether (sulfide) groups is 1. The molecule has 0 radical (unpaired) electrons. The normalized spacial score (nSPS) is 14.5. The molecule has 1 aliphatic heterocycles. The van der Waals surface area contributed by atoms with Crippen molar-refractivity contribution in [1.82, 2.24) is 15.0 Å². The quantitative estimate of drug-likeness (QED) is 0.441. The Morgan fingerprint density at radius 3 is 2.59 bits per heavy atom. The van der Waals surface area contributed by atoms with E-state index >= 15 is 0 Å². The Morgan fingerprint density at radius 1 is 1.16 bits per heavy atom.